The lowest BCUT2D eigenvalue weighted by Gasteiger charge is -2.34. The average molecular weight is 277 g/mol. The lowest BCUT2D eigenvalue weighted by atomic mass is 10.1. The molecule has 19 heavy (non-hydrogen) atoms. The number of nitrogens with zero attached hydrogens (tertiary/aromatic N) is 1. The molecule has 3 heteroatoms. The van der Waals surface area contributed by atoms with Gasteiger partial charge in [0, 0.05) is 16.9 Å². The Morgan fingerprint density at radius 1 is 1.32 bits per heavy atom. The SMILES string of the molecule is C=CCCCC(=O)N(Sc1ccccc1)C(C)(C)C. The van der Waals surface area contributed by atoms with Gasteiger partial charge in [-0.1, -0.05) is 24.3 Å². The van der Waals surface area contributed by atoms with E-state index in [1.807, 2.05) is 40.7 Å². The minimum atomic E-state index is -0.189. The Morgan fingerprint density at radius 2 is 1.95 bits per heavy atom. The van der Waals surface area contributed by atoms with E-state index in [1.165, 1.54) is 11.9 Å². The van der Waals surface area contributed by atoms with Crippen LogP contribution < -0.4 is 0 Å². The molecule has 0 radical (unpaired) electrons. The van der Waals surface area contributed by atoms with Gasteiger partial charge in [0.1, 0.15) is 0 Å². The van der Waals surface area contributed by atoms with Gasteiger partial charge in [0.15, 0.2) is 0 Å². The van der Waals surface area contributed by atoms with Crippen molar-refractivity contribution < 1.29 is 4.79 Å². The van der Waals surface area contributed by atoms with E-state index in [9.17, 15) is 4.79 Å². The van der Waals surface area contributed by atoms with E-state index in [1.54, 1.807) is 0 Å². The molecule has 0 unspecified atom stereocenters. The highest BCUT2D eigenvalue weighted by Gasteiger charge is 2.27. The molecule has 0 bridgehead atoms. The maximum Gasteiger partial charge on any atom is 0.233 e. The summed E-state index contributed by atoms with van der Waals surface area (Å²) in [5.74, 6) is 0.184. The Hall–Kier alpha value is -1.22. The van der Waals surface area contributed by atoms with Crippen molar-refractivity contribution in [1.29, 1.82) is 0 Å². The summed E-state index contributed by atoms with van der Waals surface area (Å²) in [6, 6.07) is 10.0. The van der Waals surface area contributed by atoms with E-state index < -0.39 is 0 Å². The molecule has 0 saturated carbocycles. The first-order valence-electron chi connectivity index (χ1n) is 6.62. The third-order valence-electron chi connectivity index (χ3n) is 2.57. The third-order valence-corrected chi connectivity index (χ3v) is 3.99. The molecule has 1 aromatic carbocycles. The van der Waals surface area contributed by atoms with Crippen molar-refractivity contribution in [3.8, 4) is 0 Å². The molecule has 0 fully saturated rings. The Labute approximate surface area is 121 Å². The summed E-state index contributed by atoms with van der Waals surface area (Å²) in [5.41, 5.74) is -0.189. The lowest BCUT2D eigenvalue weighted by molar-refractivity contribution is -0.129. The summed E-state index contributed by atoms with van der Waals surface area (Å²) in [6.07, 6.45) is 4.19. The lowest BCUT2D eigenvalue weighted by Crippen LogP contribution is -2.40. The molecule has 1 rings (SSSR count). The molecule has 0 heterocycles. The number of allylic oxidation sites excluding steroid dienone is 1. The predicted molar refractivity (Wildman–Crippen MR) is 82.9 cm³/mol. The van der Waals surface area contributed by atoms with Gasteiger partial charge in [0.2, 0.25) is 5.91 Å². The average Bonchev–Trinajstić information content (AvgIpc) is 2.36. The van der Waals surface area contributed by atoms with Gasteiger partial charge in [-0.05, 0) is 57.7 Å². The normalized spacial score (nSPS) is 11.1. The molecule has 0 atom stereocenters. The first-order chi connectivity index (χ1) is 8.95. The maximum atomic E-state index is 12.3. The van der Waals surface area contributed by atoms with E-state index in [4.69, 9.17) is 0 Å². The van der Waals surface area contributed by atoms with Crippen molar-refractivity contribution in [2.45, 2.75) is 50.5 Å². The largest absolute Gasteiger partial charge is 0.277 e. The Bertz CT molecular complexity index is 409. The standard InChI is InChI=1S/C16H23NOS/c1-5-6-8-13-15(18)17(16(2,3)4)19-14-11-9-7-10-12-14/h5,7,9-12H,1,6,8,13H2,2-4H3. The van der Waals surface area contributed by atoms with Crippen LogP contribution in [0.3, 0.4) is 0 Å². The van der Waals surface area contributed by atoms with Crippen LogP contribution in [-0.2, 0) is 4.79 Å². The number of benzene rings is 1. The highest BCUT2D eigenvalue weighted by molar-refractivity contribution is 7.97. The topological polar surface area (TPSA) is 20.3 Å². The molecule has 0 saturated heterocycles. The number of carbonyl (C=O) groups excluding carboxylic acids is 1. The van der Waals surface area contributed by atoms with Gasteiger partial charge in [0.25, 0.3) is 0 Å². The zero-order valence-electron chi connectivity index (χ0n) is 12.1. The van der Waals surface area contributed by atoms with Gasteiger partial charge in [-0.15, -0.1) is 6.58 Å². The number of hydrogen-bond acceptors (Lipinski definition) is 2. The molecule has 0 aliphatic carbocycles. The quantitative estimate of drug-likeness (QED) is 0.427. The molecule has 1 amide bonds. The zero-order chi connectivity index (χ0) is 14.3. The maximum absolute atomic E-state index is 12.3. The van der Waals surface area contributed by atoms with Crippen molar-refractivity contribution in [2.24, 2.45) is 0 Å². The Kier molecular flexibility index (Phi) is 6.16. The van der Waals surface area contributed by atoms with Gasteiger partial charge < -0.3 is 0 Å². The van der Waals surface area contributed by atoms with Crippen LogP contribution in [0.25, 0.3) is 0 Å². The summed E-state index contributed by atoms with van der Waals surface area (Å²) in [4.78, 5) is 13.4. The number of amides is 1. The summed E-state index contributed by atoms with van der Waals surface area (Å²) >= 11 is 1.52. The molecule has 0 aromatic heterocycles. The van der Waals surface area contributed by atoms with E-state index in [2.05, 4.69) is 27.4 Å². The van der Waals surface area contributed by atoms with E-state index in [0.717, 1.165) is 17.7 Å². The van der Waals surface area contributed by atoms with Crippen LogP contribution in [0, 0.1) is 0 Å². The molecule has 2 nitrogen and oxygen atoms in total. The van der Waals surface area contributed by atoms with Crippen LogP contribution in [0.1, 0.15) is 40.0 Å². The fourth-order valence-corrected chi connectivity index (χ4v) is 2.60. The first-order valence-corrected chi connectivity index (χ1v) is 7.39. The number of rotatable bonds is 6. The summed E-state index contributed by atoms with van der Waals surface area (Å²) in [5, 5.41) is 0. The highest BCUT2D eigenvalue weighted by atomic mass is 32.2. The minimum absolute atomic E-state index is 0.184. The van der Waals surface area contributed by atoms with Crippen LogP contribution >= 0.6 is 11.9 Å². The van der Waals surface area contributed by atoms with E-state index >= 15 is 0 Å². The molecular weight excluding hydrogens is 254 g/mol. The van der Waals surface area contributed by atoms with Gasteiger partial charge in [-0.3, -0.25) is 9.10 Å². The summed E-state index contributed by atoms with van der Waals surface area (Å²) < 4.78 is 1.88. The molecule has 0 N–H and O–H groups in total. The second-order valence-corrected chi connectivity index (χ2v) is 6.46. The Morgan fingerprint density at radius 3 is 2.47 bits per heavy atom. The zero-order valence-corrected chi connectivity index (χ0v) is 12.9. The second kappa shape index (κ2) is 7.39. The predicted octanol–water partition coefficient (Wildman–Crippen LogP) is 4.68. The molecule has 0 spiro atoms. The van der Waals surface area contributed by atoms with Crippen LogP contribution in [0.2, 0.25) is 0 Å². The van der Waals surface area contributed by atoms with Crippen molar-refractivity contribution in [1.82, 2.24) is 4.31 Å². The van der Waals surface area contributed by atoms with Gasteiger partial charge in [-0.2, -0.15) is 0 Å². The van der Waals surface area contributed by atoms with Gasteiger partial charge in [0.05, 0.1) is 0 Å². The molecule has 0 aliphatic rings. The molecule has 104 valence electrons. The number of unbranched alkanes of at least 4 members (excludes halogenated alkanes) is 1. The van der Waals surface area contributed by atoms with Crippen molar-refractivity contribution in [3.05, 3.63) is 43.0 Å². The van der Waals surface area contributed by atoms with Crippen LogP contribution in [0.5, 0.6) is 0 Å². The summed E-state index contributed by atoms with van der Waals surface area (Å²) in [7, 11) is 0. The molecular formula is C16H23NOS. The van der Waals surface area contributed by atoms with Gasteiger partial charge in [-0.25, -0.2) is 0 Å². The van der Waals surface area contributed by atoms with Crippen LogP contribution in [0.4, 0.5) is 0 Å². The summed E-state index contributed by atoms with van der Waals surface area (Å²) in [6.45, 7) is 9.88. The minimum Gasteiger partial charge on any atom is -0.277 e. The molecule has 0 aliphatic heterocycles. The smallest absolute Gasteiger partial charge is 0.233 e. The third kappa shape index (κ3) is 5.52. The first kappa shape index (κ1) is 15.8. The van der Waals surface area contributed by atoms with Crippen molar-refractivity contribution in [3.63, 3.8) is 0 Å². The van der Waals surface area contributed by atoms with Crippen LogP contribution in [-0.4, -0.2) is 15.8 Å². The number of hydrogen-bond donors (Lipinski definition) is 0. The second-order valence-electron chi connectivity index (χ2n) is 5.44. The van der Waals surface area contributed by atoms with E-state index in [-0.39, 0.29) is 11.4 Å². The fourth-order valence-electron chi connectivity index (χ4n) is 1.65. The van der Waals surface area contributed by atoms with Crippen molar-refractivity contribution >= 4 is 17.9 Å². The van der Waals surface area contributed by atoms with Gasteiger partial charge >= 0.3 is 0 Å². The highest BCUT2D eigenvalue weighted by Crippen LogP contribution is 2.30. The monoisotopic (exact) mass is 277 g/mol. The fraction of sp³-hybridized carbons (Fsp3) is 0.438. The Balaban J connectivity index is 2.72. The number of carbonyl (C=O) groups is 1. The molecule has 1 aromatic rings. The van der Waals surface area contributed by atoms with E-state index in [0.29, 0.717) is 6.42 Å². The van der Waals surface area contributed by atoms with Crippen molar-refractivity contribution in [2.75, 3.05) is 0 Å². The van der Waals surface area contributed by atoms with Crippen LogP contribution in [0.15, 0.2) is 47.9 Å².